The Labute approximate surface area is 232 Å². The van der Waals surface area contributed by atoms with Gasteiger partial charge in [-0.05, 0) is 69.7 Å². The van der Waals surface area contributed by atoms with Crippen LogP contribution in [0.25, 0.3) is 16.9 Å². The maximum atomic E-state index is 14.3. The van der Waals surface area contributed by atoms with Gasteiger partial charge in [0.2, 0.25) is 5.91 Å². The average molecular weight is 548 g/mol. The number of aromatic nitrogens is 3. The number of rotatable bonds is 10. The number of halogens is 1. The molecule has 1 atom stereocenters. The Morgan fingerprint density at radius 3 is 2.67 bits per heavy atom. The minimum Gasteiger partial charge on any atom is -0.387 e. The molecule has 0 bridgehead atoms. The summed E-state index contributed by atoms with van der Waals surface area (Å²) < 4.78 is 16.0. The second kappa shape index (κ2) is 10.5. The van der Waals surface area contributed by atoms with E-state index in [-0.39, 0.29) is 29.5 Å². The summed E-state index contributed by atoms with van der Waals surface area (Å²) >= 11 is 0. The van der Waals surface area contributed by atoms with Crippen molar-refractivity contribution in [3.63, 3.8) is 0 Å². The lowest BCUT2D eigenvalue weighted by molar-refractivity contribution is -0.126. The van der Waals surface area contributed by atoms with Gasteiger partial charge < -0.3 is 21.1 Å². The summed E-state index contributed by atoms with van der Waals surface area (Å²) in [6.07, 6.45) is 4.81. The second-order valence-corrected chi connectivity index (χ2v) is 11.8. The molecule has 5 rings (SSSR count). The number of nitrogens with one attached hydrogen (secondary N) is 3. The number of carbonyl (C=O) groups excluding carboxylic acids is 2. The Hall–Kier alpha value is -4.04. The number of nitrogens with zero attached hydrogens (tertiary/aromatic N) is 4. The summed E-state index contributed by atoms with van der Waals surface area (Å²) in [5.74, 6) is -0.0468. The molecule has 3 heterocycles. The molecule has 2 aliphatic rings. The van der Waals surface area contributed by atoms with Crippen LogP contribution in [-0.2, 0) is 4.79 Å². The highest BCUT2D eigenvalue weighted by molar-refractivity contribution is 6.00. The van der Waals surface area contributed by atoms with E-state index in [9.17, 15) is 24.3 Å². The molecule has 3 aromatic heterocycles. The number of aliphatic hydroxyl groups is 1. The van der Waals surface area contributed by atoms with Gasteiger partial charge in [0.1, 0.15) is 12.2 Å². The molecule has 0 unspecified atom stereocenters. The van der Waals surface area contributed by atoms with Crippen LogP contribution in [0.4, 0.5) is 10.1 Å². The Bertz CT molecular complexity index is 1480. The molecule has 210 valence electrons. The molecule has 0 aromatic carbocycles. The van der Waals surface area contributed by atoms with Crippen LogP contribution in [0, 0.1) is 22.7 Å². The average Bonchev–Trinajstić information content (AvgIpc) is 3.52. The monoisotopic (exact) mass is 547 g/mol. The molecule has 11 heteroatoms. The number of hydrogen-bond donors (Lipinski definition) is 4. The van der Waals surface area contributed by atoms with Crippen LogP contribution in [0.15, 0.2) is 36.7 Å². The molecule has 0 radical (unpaired) electrons. The SMILES string of the molecule is CC1(C(=O)NCC2CC(Nc3cc(-c4ccc5cc(C#N)cnn45)ncc3C(=O)NC[C@@H](F)C(C)(C)O)C2)CC1. The van der Waals surface area contributed by atoms with Crippen LogP contribution in [0.1, 0.15) is 62.4 Å². The third kappa shape index (κ3) is 5.77. The quantitative estimate of drug-likeness (QED) is 0.305. The molecule has 10 nitrogen and oxygen atoms in total. The minimum atomic E-state index is -1.64. The van der Waals surface area contributed by atoms with Crippen LogP contribution < -0.4 is 16.0 Å². The van der Waals surface area contributed by atoms with Crippen molar-refractivity contribution < 1.29 is 19.1 Å². The van der Waals surface area contributed by atoms with Crippen molar-refractivity contribution in [1.29, 1.82) is 5.26 Å². The molecular weight excluding hydrogens is 513 g/mol. The maximum absolute atomic E-state index is 14.3. The molecule has 3 aromatic rings. The number of fused-ring (bicyclic) bond motifs is 1. The molecule has 0 saturated heterocycles. The standard InChI is InChI=1S/C29H34FN7O3/c1-28(2,40)25(30)16-33-26(38)21-15-32-23(24-5-4-20-10-18(12-31)14-35-37(20)24)11-22(21)36-19-8-17(9-19)13-34-27(39)29(3)6-7-29/h4-5,10-11,14-15,17,19,25,40H,6-9,13,16H2,1-3H3,(H,32,36)(H,33,38)(H,34,39)/t17?,19?,25-/m1/s1. The zero-order valence-corrected chi connectivity index (χ0v) is 22.9. The van der Waals surface area contributed by atoms with E-state index in [1.807, 2.05) is 19.1 Å². The first-order valence-corrected chi connectivity index (χ1v) is 13.5. The zero-order chi connectivity index (χ0) is 28.7. The number of amides is 2. The van der Waals surface area contributed by atoms with E-state index in [0.717, 1.165) is 31.2 Å². The summed E-state index contributed by atoms with van der Waals surface area (Å²) in [4.78, 5) is 29.8. The normalized spacial score (nSPS) is 20.2. The van der Waals surface area contributed by atoms with Gasteiger partial charge in [0.25, 0.3) is 5.91 Å². The number of anilines is 1. The van der Waals surface area contributed by atoms with Crippen LogP contribution >= 0.6 is 0 Å². The predicted molar refractivity (Wildman–Crippen MR) is 147 cm³/mol. The Balaban J connectivity index is 1.33. The van der Waals surface area contributed by atoms with E-state index < -0.39 is 17.7 Å². The Morgan fingerprint density at radius 2 is 2.00 bits per heavy atom. The fraction of sp³-hybridized carbons (Fsp3) is 0.483. The lowest BCUT2D eigenvalue weighted by atomic mass is 9.80. The van der Waals surface area contributed by atoms with E-state index >= 15 is 0 Å². The van der Waals surface area contributed by atoms with Crippen molar-refractivity contribution in [3.05, 3.63) is 47.8 Å². The highest BCUT2D eigenvalue weighted by atomic mass is 19.1. The van der Waals surface area contributed by atoms with Crippen molar-refractivity contribution in [1.82, 2.24) is 25.2 Å². The summed E-state index contributed by atoms with van der Waals surface area (Å²) in [6, 6.07) is 9.34. The highest BCUT2D eigenvalue weighted by Gasteiger charge is 2.45. The first kappa shape index (κ1) is 27.5. The lowest BCUT2D eigenvalue weighted by Gasteiger charge is -2.37. The largest absolute Gasteiger partial charge is 0.387 e. The first-order chi connectivity index (χ1) is 19.0. The molecule has 2 aliphatic carbocycles. The lowest BCUT2D eigenvalue weighted by Crippen LogP contribution is -2.44. The van der Waals surface area contributed by atoms with Crippen LogP contribution in [-0.4, -0.2) is 62.4 Å². The van der Waals surface area contributed by atoms with Crippen molar-refractivity contribution in [2.24, 2.45) is 11.3 Å². The van der Waals surface area contributed by atoms with E-state index in [2.05, 4.69) is 32.1 Å². The van der Waals surface area contributed by atoms with E-state index in [0.29, 0.717) is 35.1 Å². The smallest absolute Gasteiger partial charge is 0.255 e. The van der Waals surface area contributed by atoms with Crippen LogP contribution in [0.2, 0.25) is 0 Å². The zero-order valence-electron chi connectivity index (χ0n) is 22.9. The highest BCUT2D eigenvalue weighted by Crippen LogP contribution is 2.45. The van der Waals surface area contributed by atoms with Gasteiger partial charge in [-0.15, -0.1) is 0 Å². The van der Waals surface area contributed by atoms with Gasteiger partial charge in [-0.25, -0.2) is 8.91 Å². The van der Waals surface area contributed by atoms with Gasteiger partial charge in [-0.2, -0.15) is 10.4 Å². The summed E-state index contributed by atoms with van der Waals surface area (Å²) in [5, 5.41) is 32.5. The van der Waals surface area contributed by atoms with E-state index in [4.69, 9.17) is 0 Å². The Kier molecular flexibility index (Phi) is 7.23. The molecule has 2 amide bonds. The fourth-order valence-electron chi connectivity index (χ4n) is 4.78. The summed E-state index contributed by atoms with van der Waals surface area (Å²) in [5.41, 5.74) is 1.44. The summed E-state index contributed by atoms with van der Waals surface area (Å²) in [6.45, 7) is 4.97. The maximum Gasteiger partial charge on any atom is 0.255 e. The molecule has 0 aliphatic heterocycles. The van der Waals surface area contributed by atoms with Crippen molar-refractivity contribution in [3.8, 4) is 17.5 Å². The van der Waals surface area contributed by atoms with Gasteiger partial charge in [-0.3, -0.25) is 14.6 Å². The summed E-state index contributed by atoms with van der Waals surface area (Å²) in [7, 11) is 0. The molecule has 0 spiro atoms. The predicted octanol–water partition coefficient (Wildman–Crippen LogP) is 3.21. The Morgan fingerprint density at radius 1 is 1.25 bits per heavy atom. The molecular formula is C29H34FN7O3. The fourth-order valence-corrected chi connectivity index (χ4v) is 4.78. The van der Waals surface area contributed by atoms with Gasteiger partial charge >= 0.3 is 0 Å². The van der Waals surface area contributed by atoms with Crippen LogP contribution in [0.3, 0.4) is 0 Å². The molecule has 2 saturated carbocycles. The topological polar surface area (TPSA) is 144 Å². The number of pyridine rings is 1. The van der Waals surface area contributed by atoms with Crippen molar-refractivity contribution >= 4 is 23.0 Å². The van der Waals surface area contributed by atoms with Crippen LogP contribution in [0.5, 0.6) is 0 Å². The first-order valence-electron chi connectivity index (χ1n) is 13.5. The van der Waals surface area contributed by atoms with Gasteiger partial charge in [-0.1, -0.05) is 6.92 Å². The van der Waals surface area contributed by atoms with Gasteiger partial charge in [0, 0.05) is 24.2 Å². The second-order valence-electron chi connectivity index (χ2n) is 11.8. The third-order valence-corrected chi connectivity index (χ3v) is 7.94. The molecule has 40 heavy (non-hydrogen) atoms. The number of nitriles is 1. The van der Waals surface area contributed by atoms with Crippen molar-refractivity contribution in [2.45, 2.75) is 64.3 Å². The minimum absolute atomic E-state index is 0.0888. The van der Waals surface area contributed by atoms with E-state index in [1.54, 1.807) is 16.6 Å². The molecule has 2 fully saturated rings. The van der Waals surface area contributed by atoms with E-state index in [1.165, 1.54) is 26.2 Å². The molecule has 4 N–H and O–H groups in total. The third-order valence-electron chi connectivity index (χ3n) is 7.94. The van der Waals surface area contributed by atoms with Crippen molar-refractivity contribution in [2.75, 3.05) is 18.4 Å². The number of hydrogen-bond acceptors (Lipinski definition) is 7. The van der Waals surface area contributed by atoms with Gasteiger partial charge in [0.05, 0.1) is 52.1 Å². The number of alkyl halides is 1. The van der Waals surface area contributed by atoms with Gasteiger partial charge in [0.15, 0.2) is 0 Å². The number of carbonyl (C=O) groups is 2.